The van der Waals surface area contributed by atoms with E-state index >= 15 is 0 Å². The van der Waals surface area contributed by atoms with Crippen LogP contribution in [0.1, 0.15) is 44.2 Å². The standard InChI is InChI=1S/C17H23N3O/c1-2-5-18-16(13-7-11-6-12(11)8-13)10-3-4-14-15(9-10)20-17(21)19-14/h3-4,9,11-13,16,18H,2,5-8H2,1H3,(H2,19,20,21). The van der Waals surface area contributed by atoms with E-state index in [1.165, 1.54) is 24.8 Å². The SMILES string of the molecule is CCCNC(c1ccc2[nH]c(=O)[nH]c2c1)C1CC2CC2C1. The molecule has 2 aromatic rings. The maximum atomic E-state index is 11.4. The number of benzene rings is 1. The smallest absolute Gasteiger partial charge is 0.310 e. The molecule has 112 valence electrons. The molecule has 2 fully saturated rings. The molecule has 21 heavy (non-hydrogen) atoms. The summed E-state index contributed by atoms with van der Waals surface area (Å²) in [5.74, 6) is 2.75. The zero-order chi connectivity index (χ0) is 14.4. The molecule has 1 aromatic carbocycles. The number of H-pyrrole nitrogens is 2. The van der Waals surface area contributed by atoms with Gasteiger partial charge in [0.1, 0.15) is 0 Å². The summed E-state index contributed by atoms with van der Waals surface area (Å²) >= 11 is 0. The first-order valence-electron chi connectivity index (χ1n) is 8.20. The van der Waals surface area contributed by atoms with Crippen LogP contribution in [0.25, 0.3) is 11.0 Å². The fourth-order valence-electron chi connectivity index (χ4n) is 4.13. The van der Waals surface area contributed by atoms with Crippen LogP contribution in [0.4, 0.5) is 0 Å². The Hall–Kier alpha value is -1.55. The first-order valence-corrected chi connectivity index (χ1v) is 8.20. The molecule has 4 rings (SSSR count). The quantitative estimate of drug-likeness (QED) is 0.791. The van der Waals surface area contributed by atoms with Crippen molar-refractivity contribution in [1.29, 1.82) is 0 Å². The molecular formula is C17H23N3O. The molecule has 0 spiro atoms. The van der Waals surface area contributed by atoms with Crippen LogP contribution in [0.5, 0.6) is 0 Å². The minimum absolute atomic E-state index is 0.123. The zero-order valence-electron chi connectivity index (χ0n) is 12.5. The Bertz CT molecular complexity index is 691. The molecule has 0 amide bonds. The Kier molecular flexibility index (Phi) is 3.14. The summed E-state index contributed by atoms with van der Waals surface area (Å²) < 4.78 is 0. The third kappa shape index (κ3) is 2.42. The Balaban J connectivity index is 1.64. The number of rotatable bonds is 5. The first kappa shape index (κ1) is 13.1. The third-order valence-electron chi connectivity index (χ3n) is 5.26. The van der Waals surface area contributed by atoms with E-state index < -0.39 is 0 Å². The second-order valence-corrected chi connectivity index (χ2v) is 6.80. The Morgan fingerprint density at radius 1 is 1.19 bits per heavy atom. The highest BCUT2D eigenvalue weighted by Gasteiger charge is 2.47. The van der Waals surface area contributed by atoms with Crippen LogP contribution < -0.4 is 11.0 Å². The van der Waals surface area contributed by atoms with E-state index in [9.17, 15) is 4.79 Å². The highest BCUT2D eigenvalue weighted by Crippen LogP contribution is 2.57. The molecule has 0 saturated heterocycles. The molecule has 2 saturated carbocycles. The maximum absolute atomic E-state index is 11.4. The summed E-state index contributed by atoms with van der Waals surface area (Å²) in [5, 5.41) is 3.74. The Morgan fingerprint density at radius 3 is 2.71 bits per heavy atom. The third-order valence-corrected chi connectivity index (χ3v) is 5.26. The van der Waals surface area contributed by atoms with Gasteiger partial charge in [0, 0.05) is 6.04 Å². The number of aromatic amines is 2. The minimum Gasteiger partial charge on any atom is -0.310 e. The summed E-state index contributed by atoms with van der Waals surface area (Å²) in [6, 6.07) is 6.77. The molecule has 4 nitrogen and oxygen atoms in total. The number of imidazole rings is 1. The van der Waals surface area contributed by atoms with E-state index in [1.54, 1.807) is 0 Å². The summed E-state index contributed by atoms with van der Waals surface area (Å²) in [5.41, 5.74) is 3.01. The van der Waals surface area contributed by atoms with E-state index in [0.717, 1.165) is 41.8 Å². The molecule has 2 aliphatic rings. The van der Waals surface area contributed by atoms with Crippen molar-refractivity contribution in [1.82, 2.24) is 15.3 Å². The number of fused-ring (bicyclic) bond motifs is 2. The van der Waals surface area contributed by atoms with Gasteiger partial charge in [0.2, 0.25) is 0 Å². The van der Waals surface area contributed by atoms with Gasteiger partial charge in [0.05, 0.1) is 11.0 Å². The predicted molar refractivity (Wildman–Crippen MR) is 84.3 cm³/mol. The molecular weight excluding hydrogens is 262 g/mol. The van der Waals surface area contributed by atoms with Crippen LogP contribution in [0.15, 0.2) is 23.0 Å². The Labute approximate surface area is 124 Å². The number of hydrogen-bond donors (Lipinski definition) is 3. The second-order valence-electron chi connectivity index (χ2n) is 6.80. The van der Waals surface area contributed by atoms with Crippen molar-refractivity contribution in [3.8, 4) is 0 Å². The lowest BCUT2D eigenvalue weighted by Gasteiger charge is -2.26. The van der Waals surface area contributed by atoms with Crippen molar-refractivity contribution < 1.29 is 0 Å². The summed E-state index contributed by atoms with van der Waals surface area (Å²) in [7, 11) is 0. The van der Waals surface area contributed by atoms with Gasteiger partial charge in [-0.15, -0.1) is 0 Å². The monoisotopic (exact) mass is 285 g/mol. The lowest BCUT2D eigenvalue weighted by Crippen LogP contribution is -2.28. The zero-order valence-corrected chi connectivity index (χ0v) is 12.5. The van der Waals surface area contributed by atoms with Gasteiger partial charge in [-0.3, -0.25) is 0 Å². The van der Waals surface area contributed by atoms with Gasteiger partial charge >= 0.3 is 5.69 Å². The fourth-order valence-corrected chi connectivity index (χ4v) is 4.13. The fraction of sp³-hybridized carbons (Fsp3) is 0.588. The minimum atomic E-state index is -0.123. The first-order chi connectivity index (χ1) is 10.2. The summed E-state index contributed by atoms with van der Waals surface area (Å²) in [6.07, 6.45) is 5.35. The van der Waals surface area contributed by atoms with Crippen molar-refractivity contribution in [2.24, 2.45) is 17.8 Å². The molecule has 3 N–H and O–H groups in total. The van der Waals surface area contributed by atoms with Gasteiger partial charge in [-0.2, -0.15) is 0 Å². The van der Waals surface area contributed by atoms with E-state index in [0.29, 0.717) is 6.04 Å². The van der Waals surface area contributed by atoms with Crippen LogP contribution in [-0.4, -0.2) is 16.5 Å². The van der Waals surface area contributed by atoms with Gasteiger partial charge in [-0.05, 0) is 67.7 Å². The second kappa shape index (κ2) is 5.02. The summed E-state index contributed by atoms with van der Waals surface area (Å²) in [6.45, 7) is 3.27. The van der Waals surface area contributed by atoms with Crippen molar-refractivity contribution in [3.05, 3.63) is 34.2 Å². The van der Waals surface area contributed by atoms with Crippen LogP contribution in [0.3, 0.4) is 0 Å². The van der Waals surface area contributed by atoms with Gasteiger partial charge < -0.3 is 15.3 Å². The Morgan fingerprint density at radius 2 is 1.95 bits per heavy atom. The van der Waals surface area contributed by atoms with E-state index in [4.69, 9.17) is 0 Å². The van der Waals surface area contributed by atoms with Crippen LogP contribution in [-0.2, 0) is 0 Å². The van der Waals surface area contributed by atoms with Crippen molar-refractivity contribution in [2.75, 3.05) is 6.54 Å². The maximum Gasteiger partial charge on any atom is 0.323 e. The van der Waals surface area contributed by atoms with Gasteiger partial charge in [-0.25, -0.2) is 4.79 Å². The molecule has 3 unspecified atom stereocenters. The number of hydrogen-bond acceptors (Lipinski definition) is 2. The van der Waals surface area contributed by atoms with Gasteiger partial charge in [-0.1, -0.05) is 13.0 Å². The van der Waals surface area contributed by atoms with Crippen LogP contribution in [0, 0.1) is 17.8 Å². The molecule has 0 aliphatic heterocycles. The van der Waals surface area contributed by atoms with Crippen molar-refractivity contribution in [3.63, 3.8) is 0 Å². The molecule has 1 aromatic heterocycles. The molecule has 1 heterocycles. The highest BCUT2D eigenvalue weighted by atomic mass is 16.1. The van der Waals surface area contributed by atoms with Crippen molar-refractivity contribution >= 4 is 11.0 Å². The highest BCUT2D eigenvalue weighted by molar-refractivity contribution is 5.75. The lowest BCUT2D eigenvalue weighted by molar-refractivity contribution is 0.342. The lowest BCUT2D eigenvalue weighted by atomic mass is 9.89. The largest absolute Gasteiger partial charge is 0.323 e. The van der Waals surface area contributed by atoms with Crippen LogP contribution >= 0.6 is 0 Å². The van der Waals surface area contributed by atoms with Crippen LogP contribution in [0.2, 0.25) is 0 Å². The predicted octanol–water partition coefficient (Wildman–Crippen LogP) is 2.94. The van der Waals surface area contributed by atoms with E-state index in [2.05, 4.69) is 34.3 Å². The average Bonchev–Trinajstić information content (AvgIpc) is 2.92. The molecule has 2 aliphatic carbocycles. The van der Waals surface area contributed by atoms with E-state index in [1.807, 2.05) is 6.07 Å². The molecule has 4 heteroatoms. The number of nitrogens with one attached hydrogen (secondary N) is 3. The average molecular weight is 285 g/mol. The van der Waals surface area contributed by atoms with Crippen molar-refractivity contribution in [2.45, 2.75) is 38.6 Å². The number of aromatic nitrogens is 2. The molecule has 3 atom stereocenters. The van der Waals surface area contributed by atoms with E-state index in [-0.39, 0.29) is 5.69 Å². The van der Waals surface area contributed by atoms with Gasteiger partial charge in [0.15, 0.2) is 0 Å². The topological polar surface area (TPSA) is 60.7 Å². The molecule has 0 bridgehead atoms. The summed E-state index contributed by atoms with van der Waals surface area (Å²) in [4.78, 5) is 17.1. The van der Waals surface area contributed by atoms with Gasteiger partial charge in [0.25, 0.3) is 0 Å². The normalized spacial score (nSPS) is 28.7. The molecule has 0 radical (unpaired) electrons.